The van der Waals surface area contributed by atoms with Gasteiger partial charge in [-0.05, 0) is 46.3 Å². The van der Waals surface area contributed by atoms with E-state index in [-0.39, 0.29) is 21.3 Å². The predicted octanol–water partition coefficient (Wildman–Crippen LogP) is 5.73. The first kappa shape index (κ1) is 17.5. The van der Waals surface area contributed by atoms with Crippen molar-refractivity contribution in [2.75, 3.05) is 0 Å². The van der Waals surface area contributed by atoms with Crippen LogP contribution in [-0.4, -0.2) is 16.9 Å². The molecule has 1 atom stereocenters. The van der Waals surface area contributed by atoms with Gasteiger partial charge in [0.15, 0.2) is 0 Å². The van der Waals surface area contributed by atoms with E-state index < -0.39 is 18.2 Å². The van der Waals surface area contributed by atoms with Crippen molar-refractivity contribution in [3.05, 3.63) is 62.3 Å². The Kier molecular flexibility index (Phi) is 4.53. The van der Waals surface area contributed by atoms with Crippen LogP contribution in [0.15, 0.2) is 46.3 Å². The molecule has 0 radical (unpaired) electrons. The third-order valence-corrected chi connectivity index (χ3v) is 4.48. The fourth-order valence-corrected chi connectivity index (χ4v) is 3.15. The summed E-state index contributed by atoms with van der Waals surface area (Å²) in [5.41, 5.74) is -2.25. The van der Waals surface area contributed by atoms with E-state index in [9.17, 15) is 13.2 Å². The lowest BCUT2D eigenvalue weighted by Gasteiger charge is -2.29. The molecule has 2 heterocycles. The molecule has 2 aromatic rings. The van der Waals surface area contributed by atoms with Crippen LogP contribution in [0.4, 0.5) is 13.2 Å². The zero-order chi connectivity index (χ0) is 17.5. The molecule has 0 aliphatic carbocycles. The Morgan fingerprint density at radius 3 is 2.33 bits per heavy atom. The van der Waals surface area contributed by atoms with E-state index >= 15 is 0 Å². The van der Waals surface area contributed by atoms with Crippen LogP contribution in [0.5, 0.6) is 0 Å². The van der Waals surface area contributed by atoms with Gasteiger partial charge in [-0.1, -0.05) is 28.4 Å². The zero-order valence-electron chi connectivity index (χ0n) is 11.7. The minimum atomic E-state index is -4.71. The Morgan fingerprint density at radius 2 is 1.79 bits per heavy atom. The number of oxime groups is 1. The highest BCUT2D eigenvalue weighted by Crippen LogP contribution is 2.49. The minimum Gasteiger partial charge on any atom is -0.374 e. The normalized spacial score (nSPS) is 20.7. The van der Waals surface area contributed by atoms with Crippen LogP contribution in [0.2, 0.25) is 10.0 Å². The van der Waals surface area contributed by atoms with Crippen molar-refractivity contribution in [3.8, 4) is 0 Å². The lowest BCUT2D eigenvalue weighted by Crippen LogP contribution is -2.42. The maximum absolute atomic E-state index is 13.8. The van der Waals surface area contributed by atoms with Gasteiger partial charge in [0.05, 0.1) is 12.1 Å². The summed E-state index contributed by atoms with van der Waals surface area (Å²) in [6, 6.07) is 6.93. The molecule has 9 heteroatoms. The molecule has 0 amide bonds. The highest BCUT2D eigenvalue weighted by Gasteiger charge is 2.62. The average molecular weight is 440 g/mol. The lowest BCUT2D eigenvalue weighted by molar-refractivity contribution is -0.275. The van der Waals surface area contributed by atoms with Crippen molar-refractivity contribution >= 4 is 44.8 Å². The number of aromatic nitrogens is 1. The molecule has 0 saturated heterocycles. The molecule has 0 saturated carbocycles. The van der Waals surface area contributed by atoms with Gasteiger partial charge in [-0.15, -0.1) is 0 Å². The third-order valence-electron chi connectivity index (χ3n) is 3.58. The van der Waals surface area contributed by atoms with E-state index in [1.54, 1.807) is 12.1 Å². The highest BCUT2D eigenvalue weighted by atomic mass is 79.9. The number of benzene rings is 1. The van der Waals surface area contributed by atoms with Crippen molar-refractivity contribution in [1.82, 2.24) is 4.98 Å². The number of nitrogens with zero attached hydrogens (tertiary/aromatic N) is 2. The van der Waals surface area contributed by atoms with Crippen molar-refractivity contribution in [2.24, 2.45) is 5.16 Å². The maximum atomic E-state index is 13.8. The summed E-state index contributed by atoms with van der Waals surface area (Å²) in [4.78, 5) is 8.90. The van der Waals surface area contributed by atoms with Gasteiger partial charge in [0.2, 0.25) is 0 Å². The second-order valence-corrected chi connectivity index (χ2v) is 6.84. The van der Waals surface area contributed by atoms with E-state index in [1.807, 2.05) is 0 Å². The first-order valence-electron chi connectivity index (χ1n) is 6.61. The molecule has 1 aromatic carbocycles. The molecule has 0 N–H and O–H groups in total. The Hall–Kier alpha value is -1.31. The van der Waals surface area contributed by atoms with Gasteiger partial charge in [0.1, 0.15) is 4.60 Å². The predicted molar refractivity (Wildman–Crippen MR) is 88.4 cm³/mol. The molecule has 1 aliphatic heterocycles. The van der Waals surface area contributed by atoms with E-state index in [4.69, 9.17) is 28.0 Å². The molecule has 3 rings (SSSR count). The molecular weight excluding hydrogens is 432 g/mol. The van der Waals surface area contributed by atoms with Crippen molar-refractivity contribution in [2.45, 2.75) is 18.2 Å². The number of rotatable bonds is 2. The maximum Gasteiger partial charge on any atom is 0.435 e. The van der Waals surface area contributed by atoms with Crippen LogP contribution >= 0.6 is 39.1 Å². The van der Waals surface area contributed by atoms with Crippen LogP contribution in [0.25, 0.3) is 0 Å². The van der Waals surface area contributed by atoms with E-state index in [0.717, 1.165) is 0 Å². The second-order valence-electron chi connectivity index (χ2n) is 5.16. The Morgan fingerprint density at radius 1 is 1.12 bits per heavy atom. The number of hydrogen-bond donors (Lipinski definition) is 0. The molecule has 1 aromatic heterocycles. The van der Waals surface area contributed by atoms with Crippen molar-refractivity contribution < 1.29 is 18.0 Å². The summed E-state index contributed by atoms with van der Waals surface area (Å²) >= 11 is 14.9. The molecule has 1 unspecified atom stereocenters. The average Bonchev–Trinajstić information content (AvgIpc) is 2.93. The van der Waals surface area contributed by atoms with Crippen LogP contribution in [0, 0.1) is 0 Å². The fraction of sp³-hybridized carbons (Fsp3) is 0.200. The largest absolute Gasteiger partial charge is 0.435 e. The van der Waals surface area contributed by atoms with Gasteiger partial charge in [-0.3, -0.25) is 0 Å². The number of pyridine rings is 1. The van der Waals surface area contributed by atoms with E-state index in [0.29, 0.717) is 10.2 Å². The fourth-order valence-electron chi connectivity index (χ4n) is 2.39. The topological polar surface area (TPSA) is 34.5 Å². The molecule has 1 aliphatic rings. The molecule has 3 nitrogen and oxygen atoms in total. The summed E-state index contributed by atoms with van der Waals surface area (Å²) in [5, 5.41) is 3.82. The van der Waals surface area contributed by atoms with E-state index in [2.05, 4.69) is 26.1 Å². The molecule has 126 valence electrons. The summed E-state index contributed by atoms with van der Waals surface area (Å²) in [7, 11) is 0. The first-order chi connectivity index (χ1) is 11.2. The summed E-state index contributed by atoms with van der Waals surface area (Å²) in [6.07, 6.45) is -3.80. The highest BCUT2D eigenvalue weighted by molar-refractivity contribution is 9.10. The van der Waals surface area contributed by atoms with Crippen molar-refractivity contribution in [3.63, 3.8) is 0 Å². The van der Waals surface area contributed by atoms with Crippen LogP contribution in [0.1, 0.15) is 17.5 Å². The smallest absolute Gasteiger partial charge is 0.374 e. The third kappa shape index (κ3) is 3.12. The van der Waals surface area contributed by atoms with Gasteiger partial charge in [0.25, 0.3) is 5.60 Å². The monoisotopic (exact) mass is 438 g/mol. The van der Waals surface area contributed by atoms with Gasteiger partial charge in [-0.2, -0.15) is 13.2 Å². The summed E-state index contributed by atoms with van der Waals surface area (Å²) in [6.45, 7) is 0. The molecule has 0 spiro atoms. The molecule has 24 heavy (non-hydrogen) atoms. The number of hydrogen-bond acceptors (Lipinski definition) is 3. The SMILES string of the molecule is FC(F)(F)C1(c2cc(Cl)cc(Cl)c2)CC(c2ccc(Br)nc2)=NO1. The van der Waals surface area contributed by atoms with E-state index in [1.165, 1.54) is 24.4 Å². The second kappa shape index (κ2) is 6.20. The first-order valence-corrected chi connectivity index (χ1v) is 8.16. The van der Waals surface area contributed by atoms with Gasteiger partial charge in [-0.25, -0.2) is 4.98 Å². The van der Waals surface area contributed by atoms with Gasteiger partial charge in [0, 0.05) is 27.4 Å². The van der Waals surface area contributed by atoms with Crippen molar-refractivity contribution in [1.29, 1.82) is 0 Å². The van der Waals surface area contributed by atoms with Crippen LogP contribution < -0.4 is 0 Å². The van der Waals surface area contributed by atoms with Gasteiger partial charge >= 0.3 is 6.18 Å². The molecule has 0 fully saturated rings. The van der Waals surface area contributed by atoms with Gasteiger partial charge < -0.3 is 4.84 Å². The van der Waals surface area contributed by atoms with Crippen LogP contribution in [0.3, 0.4) is 0 Å². The summed E-state index contributed by atoms with van der Waals surface area (Å²) < 4.78 is 42.0. The summed E-state index contributed by atoms with van der Waals surface area (Å²) in [5.74, 6) is 0. The lowest BCUT2D eigenvalue weighted by atomic mass is 9.87. The van der Waals surface area contributed by atoms with Crippen LogP contribution in [-0.2, 0) is 10.4 Å². The minimum absolute atomic E-state index is 0.0866. The molecule has 0 bridgehead atoms. The Balaban J connectivity index is 2.03. The zero-order valence-corrected chi connectivity index (χ0v) is 14.8. The number of alkyl halides is 3. The Bertz CT molecular complexity index is 791. The molecular formula is C15H8BrCl2F3N2O. The quantitative estimate of drug-likeness (QED) is 0.559. The standard InChI is InChI=1S/C15H8BrCl2F3N2O/c16-13-2-1-8(7-22-13)12-6-14(24-23-12,15(19,20)21)9-3-10(17)5-11(18)4-9/h1-5,7H,6H2. The Labute approximate surface area is 153 Å². The number of halogens is 6.